The molecule has 0 aromatic heterocycles. The van der Waals surface area contributed by atoms with Crippen molar-refractivity contribution in [2.24, 2.45) is 5.92 Å². The summed E-state index contributed by atoms with van der Waals surface area (Å²) < 4.78 is 0. The molecular weight excluding hydrogens is 200 g/mol. The first kappa shape index (κ1) is 11.4. The van der Waals surface area contributed by atoms with Crippen molar-refractivity contribution >= 4 is 24.4 Å². The molecule has 1 atom stereocenters. The first-order chi connectivity index (χ1) is 6.52. The van der Waals surface area contributed by atoms with Gasteiger partial charge in [-0.3, -0.25) is 9.59 Å². The molecule has 0 spiro atoms. The van der Waals surface area contributed by atoms with Crippen LogP contribution >= 0.6 is 12.6 Å². The second kappa shape index (κ2) is 4.68. The van der Waals surface area contributed by atoms with Crippen LogP contribution in [0.1, 0.15) is 13.8 Å². The Morgan fingerprint density at radius 3 is 2.71 bits per heavy atom. The molecule has 1 fully saturated rings. The number of rotatable bonds is 2. The van der Waals surface area contributed by atoms with Crippen LogP contribution in [0, 0.1) is 5.92 Å². The van der Waals surface area contributed by atoms with E-state index in [4.69, 9.17) is 0 Å². The van der Waals surface area contributed by atoms with Crippen LogP contribution in [0.2, 0.25) is 0 Å². The third kappa shape index (κ3) is 2.64. The molecule has 1 unspecified atom stereocenters. The highest BCUT2D eigenvalue weighted by molar-refractivity contribution is 7.81. The lowest BCUT2D eigenvalue weighted by atomic mass is 10.1. The summed E-state index contributed by atoms with van der Waals surface area (Å²) >= 11 is 4.24. The standard InChI is InChI=1S/C9H16N2O2S/c1-6(2)8(14)9(13)11-4-3-10-7(12)5-11/h6,8,14H,3-5H2,1-2H3,(H,10,12). The van der Waals surface area contributed by atoms with Gasteiger partial charge in [0.15, 0.2) is 0 Å². The van der Waals surface area contributed by atoms with Gasteiger partial charge in [0, 0.05) is 13.1 Å². The van der Waals surface area contributed by atoms with E-state index >= 15 is 0 Å². The van der Waals surface area contributed by atoms with Gasteiger partial charge in [0.05, 0.1) is 11.8 Å². The van der Waals surface area contributed by atoms with Gasteiger partial charge in [-0.1, -0.05) is 13.8 Å². The highest BCUT2D eigenvalue weighted by atomic mass is 32.1. The molecular formula is C9H16N2O2S. The zero-order chi connectivity index (χ0) is 10.7. The summed E-state index contributed by atoms with van der Waals surface area (Å²) in [6.45, 7) is 5.19. The fourth-order valence-corrected chi connectivity index (χ4v) is 1.46. The van der Waals surface area contributed by atoms with Gasteiger partial charge in [-0.2, -0.15) is 12.6 Å². The molecule has 1 saturated heterocycles. The molecule has 1 aliphatic heterocycles. The summed E-state index contributed by atoms with van der Waals surface area (Å²) in [5, 5.41) is 2.37. The summed E-state index contributed by atoms with van der Waals surface area (Å²) in [6.07, 6.45) is 0. The monoisotopic (exact) mass is 216 g/mol. The molecule has 1 rings (SSSR count). The van der Waals surface area contributed by atoms with Gasteiger partial charge in [0.2, 0.25) is 11.8 Å². The lowest BCUT2D eigenvalue weighted by molar-refractivity contribution is -0.138. The van der Waals surface area contributed by atoms with Crippen molar-refractivity contribution in [1.82, 2.24) is 10.2 Å². The number of hydrogen-bond acceptors (Lipinski definition) is 3. The fraction of sp³-hybridized carbons (Fsp3) is 0.778. The van der Waals surface area contributed by atoms with E-state index in [0.717, 1.165) is 0 Å². The van der Waals surface area contributed by atoms with E-state index in [1.165, 1.54) is 0 Å². The van der Waals surface area contributed by atoms with Crippen molar-refractivity contribution < 1.29 is 9.59 Å². The Morgan fingerprint density at radius 1 is 1.57 bits per heavy atom. The van der Waals surface area contributed by atoms with Gasteiger partial charge in [-0.05, 0) is 5.92 Å². The Labute approximate surface area is 89.4 Å². The highest BCUT2D eigenvalue weighted by Crippen LogP contribution is 2.12. The molecule has 0 aromatic carbocycles. The van der Waals surface area contributed by atoms with Crippen LogP contribution < -0.4 is 5.32 Å². The van der Waals surface area contributed by atoms with Gasteiger partial charge in [-0.25, -0.2) is 0 Å². The summed E-state index contributed by atoms with van der Waals surface area (Å²) in [5.74, 6) is 0.0582. The number of thiol groups is 1. The molecule has 80 valence electrons. The van der Waals surface area contributed by atoms with E-state index in [2.05, 4.69) is 17.9 Å². The summed E-state index contributed by atoms with van der Waals surface area (Å²) in [5.41, 5.74) is 0. The van der Waals surface area contributed by atoms with Gasteiger partial charge < -0.3 is 10.2 Å². The Hall–Kier alpha value is -0.710. The molecule has 0 radical (unpaired) electrons. The molecule has 1 N–H and O–H groups in total. The fourth-order valence-electron chi connectivity index (χ4n) is 1.30. The van der Waals surface area contributed by atoms with Crippen LogP contribution in [0.25, 0.3) is 0 Å². The summed E-state index contributed by atoms with van der Waals surface area (Å²) in [4.78, 5) is 24.4. The van der Waals surface area contributed by atoms with Crippen LogP contribution in [0.5, 0.6) is 0 Å². The molecule has 14 heavy (non-hydrogen) atoms. The molecule has 0 saturated carbocycles. The van der Waals surface area contributed by atoms with Gasteiger partial charge in [0.1, 0.15) is 0 Å². The number of piperazine rings is 1. The lowest BCUT2D eigenvalue weighted by Crippen LogP contribution is -2.52. The van der Waals surface area contributed by atoms with Gasteiger partial charge in [0.25, 0.3) is 0 Å². The first-order valence-corrected chi connectivity index (χ1v) is 5.27. The van der Waals surface area contributed by atoms with E-state index in [1.807, 2.05) is 13.8 Å². The zero-order valence-corrected chi connectivity index (χ0v) is 9.38. The molecule has 4 nitrogen and oxygen atoms in total. The Bertz CT molecular complexity index is 243. The van der Waals surface area contributed by atoms with Gasteiger partial charge >= 0.3 is 0 Å². The molecule has 1 heterocycles. The number of carbonyl (C=O) groups excluding carboxylic acids is 2. The van der Waals surface area contributed by atoms with Crippen LogP contribution in [-0.2, 0) is 9.59 Å². The van der Waals surface area contributed by atoms with Crippen LogP contribution in [0.4, 0.5) is 0 Å². The second-order valence-electron chi connectivity index (χ2n) is 3.80. The zero-order valence-electron chi connectivity index (χ0n) is 8.49. The lowest BCUT2D eigenvalue weighted by Gasteiger charge is -2.29. The summed E-state index contributed by atoms with van der Waals surface area (Å²) in [7, 11) is 0. The first-order valence-electron chi connectivity index (χ1n) is 4.76. The van der Waals surface area contributed by atoms with E-state index in [9.17, 15) is 9.59 Å². The average Bonchev–Trinajstić information content (AvgIpc) is 2.15. The molecule has 0 bridgehead atoms. The quantitative estimate of drug-likeness (QED) is 0.633. The van der Waals surface area contributed by atoms with E-state index in [1.54, 1.807) is 4.90 Å². The van der Waals surface area contributed by atoms with Crippen molar-refractivity contribution in [2.45, 2.75) is 19.1 Å². The third-order valence-corrected chi connectivity index (χ3v) is 3.05. The predicted molar refractivity (Wildman–Crippen MR) is 57.2 cm³/mol. The molecule has 1 aliphatic rings. The Morgan fingerprint density at radius 2 is 2.21 bits per heavy atom. The predicted octanol–water partition coefficient (Wildman–Crippen LogP) is -0.101. The number of amides is 2. The van der Waals surface area contributed by atoms with Crippen LogP contribution in [0.15, 0.2) is 0 Å². The van der Waals surface area contributed by atoms with E-state index < -0.39 is 0 Å². The molecule has 5 heteroatoms. The minimum Gasteiger partial charge on any atom is -0.353 e. The van der Waals surface area contributed by atoms with Crippen molar-refractivity contribution in [2.75, 3.05) is 19.6 Å². The molecule has 0 aliphatic carbocycles. The third-order valence-electron chi connectivity index (χ3n) is 2.23. The second-order valence-corrected chi connectivity index (χ2v) is 4.35. The maximum absolute atomic E-state index is 11.8. The number of hydrogen-bond donors (Lipinski definition) is 2. The average molecular weight is 216 g/mol. The smallest absolute Gasteiger partial charge is 0.239 e. The van der Waals surface area contributed by atoms with Crippen LogP contribution in [-0.4, -0.2) is 41.6 Å². The van der Waals surface area contributed by atoms with Gasteiger partial charge in [-0.15, -0.1) is 0 Å². The highest BCUT2D eigenvalue weighted by Gasteiger charge is 2.27. The van der Waals surface area contributed by atoms with E-state index in [-0.39, 0.29) is 29.5 Å². The SMILES string of the molecule is CC(C)C(S)C(=O)N1CCNC(=O)C1. The molecule has 2 amide bonds. The van der Waals surface area contributed by atoms with Crippen molar-refractivity contribution in [3.8, 4) is 0 Å². The topological polar surface area (TPSA) is 49.4 Å². The minimum atomic E-state index is -0.305. The number of carbonyl (C=O) groups is 2. The van der Waals surface area contributed by atoms with Crippen molar-refractivity contribution in [3.63, 3.8) is 0 Å². The Kier molecular flexibility index (Phi) is 3.80. The largest absolute Gasteiger partial charge is 0.353 e. The van der Waals surface area contributed by atoms with E-state index in [0.29, 0.717) is 13.1 Å². The van der Waals surface area contributed by atoms with Crippen molar-refractivity contribution in [3.05, 3.63) is 0 Å². The normalized spacial score (nSPS) is 19.4. The minimum absolute atomic E-state index is 0.0433. The maximum atomic E-state index is 11.8. The Balaban J connectivity index is 2.55. The van der Waals surface area contributed by atoms with Crippen molar-refractivity contribution in [1.29, 1.82) is 0 Å². The summed E-state index contributed by atoms with van der Waals surface area (Å²) in [6, 6.07) is 0. The maximum Gasteiger partial charge on any atom is 0.239 e. The number of nitrogens with one attached hydrogen (secondary N) is 1. The number of nitrogens with zero attached hydrogens (tertiary/aromatic N) is 1. The van der Waals surface area contributed by atoms with Crippen LogP contribution in [0.3, 0.4) is 0 Å². The molecule has 0 aromatic rings.